The van der Waals surface area contributed by atoms with Crippen molar-refractivity contribution in [1.29, 1.82) is 0 Å². The van der Waals surface area contributed by atoms with Gasteiger partial charge in [-0.25, -0.2) is 8.78 Å². The summed E-state index contributed by atoms with van der Waals surface area (Å²) >= 11 is 0. The molecular weight excluding hydrogens is 400 g/mol. The van der Waals surface area contributed by atoms with Crippen molar-refractivity contribution in [3.63, 3.8) is 0 Å². The maximum Gasteiger partial charge on any atom is 0.460 e. The number of Topliss-reactive ketones (excluding diaryl/α,β-unsaturated/α-hetero) is 1. The van der Waals surface area contributed by atoms with Gasteiger partial charge in [0, 0.05) is 5.56 Å². The van der Waals surface area contributed by atoms with Crippen LogP contribution in [0.15, 0.2) is 35.9 Å². The second-order valence-electron chi connectivity index (χ2n) is 4.68. The normalized spacial score (nSPS) is 14.9. The molecule has 0 spiro atoms. The minimum Gasteiger partial charge on any atom is -0.286 e. The first-order valence-electron chi connectivity index (χ1n) is 6.04. The van der Waals surface area contributed by atoms with Crippen molar-refractivity contribution in [3.8, 4) is 0 Å². The van der Waals surface area contributed by atoms with Crippen LogP contribution in [0.25, 0.3) is 0 Å². The van der Waals surface area contributed by atoms with Crippen molar-refractivity contribution in [2.45, 2.75) is 23.9 Å². The summed E-state index contributed by atoms with van der Waals surface area (Å²) in [5, 5.41) is 0. The van der Waals surface area contributed by atoms with E-state index in [1.54, 1.807) is 0 Å². The summed E-state index contributed by atoms with van der Waals surface area (Å²) in [6.07, 6.45) is -7.24. The molecule has 1 aromatic rings. The van der Waals surface area contributed by atoms with Gasteiger partial charge >= 0.3 is 23.9 Å². The van der Waals surface area contributed by atoms with Gasteiger partial charge in [0.15, 0.2) is 0 Å². The Balaban J connectivity index is 3.42. The zero-order valence-electron chi connectivity index (χ0n) is 11.8. The number of halogens is 12. The Bertz CT molecular complexity index is 714. The fraction of sp³-hybridized carbons (Fsp3) is 0.308. The van der Waals surface area contributed by atoms with Crippen LogP contribution in [0.3, 0.4) is 0 Å². The zero-order valence-corrected chi connectivity index (χ0v) is 11.8. The third-order valence-corrected chi connectivity index (χ3v) is 2.92. The summed E-state index contributed by atoms with van der Waals surface area (Å²) in [4.78, 5) is 11.3. The quantitative estimate of drug-likeness (QED) is 0.353. The second-order valence-corrected chi connectivity index (χ2v) is 4.68. The van der Waals surface area contributed by atoms with Gasteiger partial charge in [0.25, 0.3) is 0 Å². The molecular formula is C13H4F12O. The number of carbonyl (C=O) groups is 1. The predicted molar refractivity (Wildman–Crippen MR) is 60.9 cm³/mol. The monoisotopic (exact) mass is 404 g/mol. The van der Waals surface area contributed by atoms with Crippen molar-refractivity contribution in [2.24, 2.45) is 0 Å². The van der Waals surface area contributed by atoms with Crippen molar-refractivity contribution in [2.75, 3.05) is 0 Å². The molecule has 1 nitrogen and oxygen atoms in total. The molecule has 26 heavy (non-hydrogen) atoms. The van der Waals surface area contributed by atoms with Crippen molar-refractivity contribution in [1.82, 2.24) is 0 Å². The summed E-state index contributed by atoms with van der Waals surface area (Å²) in [5.41, 5.74) is -1.07. The molecule has 0 N–H and O–H groups in total. The summed E-state index contributed by atoms with van der Waals surface area (Å²) < 4.78 is 153. The van der Waals surface area contributed by atoms with Crippen molar-refractivity contribution >= 4 is 5.78 Å². The maximum absolute atomic E-state index is 13.4. The number of allylic oxidation sites excluding steroid dienone is 2. The molecule has 0 bridgehead atoms. The third-order valence-electron chi connectivity index (χ3n) is 2.92. The highest BCUT2D eigenvalue weighted by atomic mass is 19.4. The Kier molecular flexibility index (Phi) is 5.46. The molecule has 0 heterocycles. The molecule has 0 amide bonds. The molecule has 0 saturated carbocycles. The number of carbonyl (C=O) groups excluding carboxylic acids is 1. The topological polar surface area (TPSA) is 17.1 Å². The van der Waals surface area contributed by atoms with Gasteiger partial charge in [-0.3, -0.25) is 4.79 Å². The first-order valence-corrected chi connectivity index (χ1v) is 6.04. The van der Waals surface area contributed by atoms with E-state index >= 15 is 0 Å². The van der Waals surface area contributed by atoms with Crippen molar-refractivity contribution < 1.29 is 57.5 Å². The van der Waals surface area contributed by atoms with E-state index in [4.69, 9.17) is 0 Å². The van der Waals surface area contributed by atoms with Crippen LogP contribution >= 0.6 is 0 Å². The highest BCUT2D eigenvalue weighted by Crippen LogP contribution is 2.55. The standard InChI is InChI=1S/C13H4F12O/c14-6-3-1-5(2-4-6)8(26)7(15)9(16)10(17,18)11(19,20)12(21,22)13(23,24)25/h1-4H/b9-7+. The first kappa shape index (κ1) is 21.8. The highest BCUT2D eigenvalue weighted by molar-refractivity contribution is 6.07. The number of benzene rings is 1. The second kappa shape index (κ2) is 6.50. The predicted octanol–water partition coefficient (Wildman–Crippen LogP) is 5.63. The van der Waals surface area contributed by atoms with Gasteiger partial charge in [0.2, 0.25) is 17.4 Å². The first-order chi connectivity index (χ1) is 11.5. The molecule has 13 heteroatoms. The Morgan fingerprint density at radius 3 is 1.54 bits per heavy atom. The van der Waals surface area contributed by atoms with Crippen LogP contribution in [0.1, 0.15) is 10.4 Å². The average Bonchev–Trinajstić information content (AvgIpc) is 2.51. The number of hydrogen-bond donors (Lipinski definition) is 0. The number of alkyl halides is 9. The van der Waals surface area contributed by atoms with Crippen LogP contribution in [-0.4, -0.2) is 29.7 Å². The van der Waals surface area contributed by atoms with Crippen LogP contribution in [0.4, 0.5) is 52.7 Å². The van der Waals surface area contributed by atoms with E-state index in [0.717, 1.165) is 0 Å². The minimum atomic E-state index is -7.47. The van der Waals surface area contributed by atoms with Gasteiger partial charge in [-0.15, -0.1) is 0 Å². The van der Waals surface area contributed by atoms with Crippen LogP contribution < -0.4 is 0 Å². The Labute approximate surface area is 135 Å². The van der Waals surface area contributed by atoms with Gasteiger partial charge < -0.3 is 0 Å². The van der Waals surface area contributed by atoms with E-state index < -0.39 is 52.8 Å². The molecule has 0 aromatic heterocycles. The smallest absolute Gasteiger partial charge is 0.286 e. The van der Waals surface area contributed by atoms with Gasteiger partial charge in [-0.05, 0) is 24.3 Å². The molecule has 0 fully saturated rings. The number of rotatable bonds is 5. The Hall–Kier alpha value is -2.21. The number of ketones is 1. The van der Waals surface area contributed by atoms with E-state index in [-0.39, 0.29) is 0 Å². The summed E-state index contributed by atoms with van der Waals surface area (Å²) in [7, 11) is 0. The van der Waals surface area contributed by atoms with Crippen LogP contribution in [0, 0.1) is 5.82 Å². The van der Waals surface area contributed by atoms with Crippen LogP contribution in [0.5, 0.6) is 0 Å². The highest BCUT2D eigenvalue weighted by Gasteiger charge is 2.83. The molecule has 0 aliphatic carbocycles. The Morgan fingerprint density at radius 2 is 1.15 bits per heavy atom. The van der Waals surface area contributed by atoms with Crippen LogP contribution in [-0.2, 0) is 0 Å². The van der Waals surface area contributed by atoms with Gasteiger partial charge in [-0.1, -0.05) is 0 Å². The average molecular weight is 404 g/mol. The summed E-state index contributed by atoms with van der Waals surface area (Å²) in [5.74, 6) is -32.9. The molecule has 0 saturated heterocycles. The number of hydrogen-bond acceptors (Lipinski definition) is 1. The lowest BCUT2D eigenvalue weighted by molar-refractivity contribution is -0.391. The van der Waals surface area contributed by atoms with E-state index in [1.807, 2.05) is 0 Å². The molecule has 0 unspecified atom stereocenters. The molecule has 0 aliphatic rings. The van der Waals surface area contributed by atoms with Crippen molar-refractivity contribution in [3.05, 3.63) is 47.3 Å². The van der Waals surface area contributed by atoms with E-state index in [2.05, 4.69) is 0 Å². The zero-order chi connectivity index (χ0) is 20.7. The largest absolute Gasteiger partial charge is 0.460 e. The molecule has 0 aliphatic heterocycles. The molecule has 0 atom stereocenters. The van der Waals surface area contributed by atoms with Gasteiger partial charge in [0.1, 0.15) is 5.82 Å². The van der Waals surface area contributed by atoms with E-state index in [0.29, 0.717) is 24.3 Å². The summed E-state index contributed by atoms with van der Waals surface area (Å²) in [6, 6.07) is 1.68. The minimum absolute atomic E-state index is 0.394. The SMILES string of the molecule is O=C(/C(F)=C(\F)C(F)(F)C(F)(F)C(F)(F)C(F)(F)F)c1ccc(F)cc1. The molecule has 1 rings (SSSR count). The lowest BCUT2D eigenvalue weighted by Crippen LogP contribution is -2.61. The fourth-order valence-corrected chi connectivity index (χ4v) is 1.48. The molecule has 1 aromatic carbocycles. The van der Waals surface area contributed by atoms with Gasteiger partial charge in [-0.2, -0.15) is 43.9 Å². The summed E-state index contributed by atoms with van der Waals surface area (Å²) in [6.45, 7) is 0. The molecule has 146 valence electrons. The van der Waals surface area contributed by atoms with Crippen LogP contribution in [0.2, 0.25) is 0 Å². The van der Waals surface area contributed by atoms with E-state index in [9.17, 15) is 57.5 Å². The Morgan fingerprint density at radius 1 is 0.731 bits per heavy atom. The molecule has 0 radical (unpaired) electrons. The lowest BCUT2D eigenvalue weighted by Gasteiger charge is -2.32. The lowest BCUT2D eigenvalue weighted by atomic mass is 10.0. The van der Waals surface area contributed by atoms with Gasteiger partial charge in [0.05, 0.1) is 0 Å². The fourth-order valence-electron chi connectivity index (χ4n) is 1.48. The van der Waals surface area contributed by atoms with E-state index in [1.165, 1.54) is 0 Å². The maximum atomic E-state index is 13.4. The third kappa shape index (κ3) is 3.38.